The van der Waals surface area contributed by atoms with Gasteiger partial charge in [-0.1, -0.05) is 0 Å². The molecule has 0 aliphatic heterocycles. The van der Waals surface area contributed by atoms with Gasteiger partial charge in [-0.05, 0) is 31.2 Å². The summed E-state index contributed by atoms with van der Waals surface area (Å²) < 4.78 is 42.4. The van der Waals surface area contributed by atoms with Gasteiger partial charge in [0.2, 0.25) is 0 Å². The quantitative estimate of drug-likeness (QED) is 0.425. The highest BCUT2D eigenvalue weighted by Gasteiger charge is 2.07. The van der Waals surface area contributed by atoms with Crippen molar-refractivity contribution in [3.63, 3.8) is 0 Å². The van der Waals surface area contributed by atoms with E-state index in [1.165, 1.54) is 31.3 Å². The Morgan fingerprint density at radius 2 is 1.76 bits per heavy atom. The summed E-state index contributed by atoms with van der Waals surface area (Å²) in [6.45, 7) is 1.71. The molecule has 1 unspecified atom stereocenters. The predicted molar refractivity (Wildman–Crippen MR) is 87.3 cm³/mol. The normalized spacial score (nSPS) is 12.6. The van der Waals surface area contributed by atoms with Crippen LogP contribution >= 0.6 is 24.0 Å². The Balaban J connectivity index is 0.00000400. The molecule has 0 saturated carbocycles. The van der Waals surface area contributed by atoms with Crippen LogP contribution in [0.3, 0.4) is 0 Å². The van der Waals surface area contributed by atoms with Gasteiger partial charge in [0.25, 0.3) is 6.43 Å². The molecule has 0 aliphatic carbocycles. The summed E-state index contributed by atoms with van der Waals surface area (Å²) in [4.78, 5) is 3.81. The summed E-state index contributed by atoms with van der Waals surface area (Å²) in [6, 6.07) is 5.66. The van der Waals surface area contributed by atoms with Crippen LogP contribution in [0.25, 0.3) is 0 Å². The monoisotopic (exact) mass is 417 g/mol. The molecule has 0 aliphatic rings. The number of halogens is 4. The lowest BCUT2D eigenvalue weighted by molar-refractivity contribution is 0.152. The predicted octanol–water partition coefficient (Wildman–Crippen LogP) is 2.64. The van der Waals surface area contributed by atoms with Crippen molar-refractivity contribution >= 4 is 29.9 Å². The zero-order chi connectivity index (χ0) is 15.0. The third-order valence-electron chi connectivity index (χ3n) is 2.36. The molecule has 2 N–H and O–H groups in total. The number of nitrogens with one attached hydrogen (secondary N) is 2. The maximum atomic E-state index is 12.7. The topological polar surface area (TPSA) is 45.7 Å². The Kier molecular flexibility index (Phi) is 9.93. The molecule has 1 aromatic rings. The molecule has 0 heterocycles. The molecule has 0 saturated heterocycles. The number of rotatable bonds is 6. The summed E-state index contributed by atoms with van der Waals surface area (Å²) in [6.07, 6.45) is -2.67. The van der Waals surface area contributed by atoms with Crippen molar-refractivity contribution in [2.75, 3.05) is 20.1 Å². The van der Waals surface area contributed by atoms with Crippen LogP contribution in [0.1, 0.15) is 6.92 Å². The standard InChI is InChI=1S/C13H18F3N3O.HI/c1-9(20-11-5-3-10(14)4-6-11)7-18-13(17-2)19-8-12(15)16;/h3-6,9,12H,7-8H2,1-2H3,(H2,17,18,19);1H. The number of hydrogen-bond acceptors (Lipinski definition) is 2. The van der Waals surface area contributed by atoms with E-state index in [2.05, 4.69) is 15.6 Å². The van der Waals surface area contributed by atoms with Crippen molar-refractivity contribution in [2.24, 2.45) is 4.99 Å². The molecule has 21 heavy (non-hydrogen) atoms. The highest BCUT2D eigenvalue weighted by atomic mass is 127. The maximum Gasteiger partial charge on any atom is 0.255 e. The second-order valence-electron chi connectivity index (χ2n) is 4.11. The van der Waals surface area contributed by atoms with Gasteiger partial charge in [-0.2, -0.15) is 0 Å². The lowest BCUT2D eigenvalue weighted by Gasteiger charge is -2.17. The highest BCUT2D eigenvalue weighted by molar-refractivity contribution is 14.0. The van der Waals surface area contributed by atoms with Crippen molar-refractivity contribution in [2.45, 2.75) is 19.5 Å². The Hall–Kier alpha value is -1.19. The van der Waals surface area contributed by atoms with Crippen molar-refractivity contribution < 1.29 is 17.9 Å². The van der Waals surface area contributed by atoms with Gasteiger partial charge in [0, 0.05) is 7.05 Å². The SMILES string of the molecule is CN=C(NCC(F)F)NCC(C)Oc1ccc(F)cc1.I. The molecular formula is C13H19F3IN3O. The van der Waals surface area contributed by atoms with E-state index in [4.69, 9.17) is 4.74 Å². The Morgan fingerprint density at radius 1 is 1.19 bits per heavy atom. The van der Waals surface area contributed by atoms with Crippen LogP contribution in [0.4, 0.5) is 13.2 Å². The van der Waals surface area contributed by atoms with Crippen LogP contribution in [0.15, 0.2) is 29.3 Å². The fourth-order valence-electron chi connectivity index (χ4n) is 1.42. The van der Waals surface area contributed by atoms with Crippen molar-refractivity contribution in [1.29, 1.82) is 0 Å². The minimum Gasteiger partial charge on any atom is -0.489 e. The number of ether oxygens (including phenoxy) is 1. The van der Waals surface area contributed by atoms with Gasteiger partial charge in [0.05, 0.1) is 13.1 Å². The lowest BCUT2D eigenvalue weighted by Crippen LogP contribution is -2.43. The van der Waals surface area contributed by atoms with Crippen molar-refractivity contribution in [1.82, 2.24) is 10.6 Å². The van der Waals surface area contributed by atoms with E-state index in [9.17, 15) is 13.2 Å². The molecule has 4 nitrogen and oxygen atoms in total. The van der Waals surface area contributed by atoms with Crippen LogP contribution in [-0.2, 0) is 0 Å². The first-order valence-electron chi connectivity index (χ1n) is 6.16. The minimum atomic E-state index is -2.44. The third kappa shape index (κ3) is 8.64. The first kappa shape index (κ1) is 19.8. The van der Waals surface area contributed by atoms with E-state index in [-0.39, 0.29) is 41.9 Å². The van der Waals surface area contributed by atoms with E-state index < -0.39 is 13.0 Å². The molecule has 120 valence electrons. The van der Waals surface area contributed by atoms with Crippen LogP contribution < -0.4 is 15.4 Å². The van der Waals surface area contributed by atoms with Gasteiger partial charge in [-0.15, -0.1) is 24.0 Å². The van der Waals surface area contributed by atoms with E-state index in [1.807, 2.05) is 0 Å². The van der Waals surface area contributed by atoms with Crippen molar-refractivity contribution in [3.8, 4) is 5.75 Å². The number of guanidine groups is 1. The molecule has 1 rings (SSSR count). The Labute approximate surface area is 139 Å². The molecule has 1 atom stereocenters. The Bertz CT molecular complexity index is 429. The summed E-state index contributed by atoms with van der Waals surface area (Å²) >= 11 is 0. The fourth-order valence-corrected chi connectivity index (χ4v) is 1.42. The van der Waals surface area contributed by atoms with E-state index in [0.717, 1.165) is 0 Å². The molecule has 0 fully saturated rings. The van der Waals surface area contributed by atoms with E-state index >= 15 is 0 Å². The van der Waals surface area contributed by atoms with Gasteiger partial charge in [-0.25, -0.2) is 13.2 Å². The molecule has 8 heteroatoms. The highest BCUT2D eigenvalue weighted by Crippen LogP contribution is 2.12. The first-order chi connectivity index (χ1) is 9.51. The minimum absolute atomic E-state index is 0. The van der Waals surface area contributed by atoms with E-state index in [0.29, 0.717) is 12.3 Å². The summed E-state index contributed by atoms with van der Waals surface area (Å²) in [7, 11) is 1.49. The van der Waals surface area contributed by atoms with Crippen LogP contribution in [0.5, 0.6) is 5.75 Å². The van der Waals surface area contributed by atoms with Gasteiger partial charge in [0.1, 0.15) is 17.7 Å². The zero-order valence-electron chi connectivity index (χ0n) is 11.8. The van der Waals surface area contributed by atoms with Gasteiger partial charge >= 0.3 is 0 Å². The van der Waals surface area contributed by atoms with Gasteiger partial charge in [-0.3, -0.25) is 4.99 Å². The van der Waals surface area contributed by atoms with Crippen molar-refractivity contribution in [3.05, 3.63) is 30.1 Å². The molecular weight excluding hydrogens is 398 g/mol. The largest absolute Gasteiger partial charge is 0.489 e. The van der Waals surface area contributed by atoms with Crippen LogP contribution in [-0.4, -0.2) is 38.6 Å². The third-order valence-corrected chi connectivity index (χ3v) is 2.36. The summed E-state index contributed by atoms with van der Waals surface area (Å²) in [5, 5.41) is 5.34. The zero-order valence-corrected chi connectivity index (χ0v) is 14.1. The molecule has 0 spiro atoms. The van der Waals surface area contributed by atoms with Crippen LogP contribution in [0.2, 0.25) is 0 Å². The molecule has 1 aromatic carbocycles. The van der Waals surface area contributed by atoms with Crippen LogP contribution in [0, 0.1) is 5.82 Å². The first-order valence-corrected chi connectivity index (χ1v) is 6.16. The smallest absolute Gasteiger partial charge is 0.255 e. The number of alkyl halides is 2. The second kappa shape index (κ2) is 10.5. The van der Waals surface area contributed by atoms with E-state index in [1.54, 1.807) is 6.92 Å². The maximum absolute atomic E-state index is 12.7. The molecule has 0 radical (unpaired) electrons. The molecule has 0 amide bonds. The average Bonchev–Trinajstić information content (AvgIpc) is 2.41. The molecule has 0 bridgehead atoms. The number of nitrogens with zero attached hydrogens (tertiary/aromatic N) is 1. The second-order valence-corrected chi connectivity index (χ2v) is 4.11. The van der Waals surface area contributed by atoms with Gasteiger partial charge < -0.3 is 15.4 Å². The average molecular weight is 417 g/mol. The number of benzene rings is 1. The lowest BCUT2D eigenvalue weighted by atomic mass is 10.3. The number of hydrogen-bond donors (Lipinski definition) is 2. The number of aliphatic imine (C=N–C) groups is 1. The fraction of sp³-hybridized carbons (Fsp3) is 0.462. The summed E-state index contributed by atoms with van der Waals surface area (Å²) in [5.74, 6) is 0.482. The molecule has 0 aromatic heterocycles. The Morgan fingerprint density at radius 3 is 2.29 bits per heavy atom. The summed E-state index contributed by atoms with van der Waals surface area (Å²) in [5.41, 5.74) is 0. The van der Waals surface area contributed by atoms with Gasteiger partial charge in [0.15, 0.2) is 5.96 Å².